The van der Waals surface area contributed by atoms with Gasteiger partial charge in [-0.3, -0.25) is 0 Å². The molecule has 2 aliphatic carbocycles. The lowest BCUT2D eigenvalue weighted by atomic mass is 9.95. The molecule has 6 aliphatic rings. The van der Waals surface area contributed by atoms with E-state index in [1.54, 1.807) is 7.11 Å². The van der Waals surface area contributed by atoms with E-state index in [0.29, 0.717) is 12.1 Å². The van der Waals surface area contributed by atoms with Gasteiger partial charge in [-0.2, -0.15) is 0 Å². The molecule has 9 heteroatoms. The largest absolute Gasteiger partial charge is 0.497 e. The molecule has 0 bridgehead atoms. The molecule has 4 aromatic rings. The van der Waals surface area contributed by atoms with Crippen molar-refractivity contribution in [3.63, 3.8) is 0 Å². The van der Waals surface area contributed by atoms with Crippen LogP contribution in [0.1, 0.15) is 61.9 Å². The molecular weight excluding hydrogens is 574 g/mol. The number of hydrogen-bond donors (Lipinski definition) is 4. The number of aromatic nitrogens is 3. The molecule has 1 saturated carbocycles. The molecule has 6 heterocycles. The summed E-state index contributed by atoms with van der Waals surface area (Å²) in [6.07, 6.45) is 18.4. The van der Waals surface area contributed by atoms with Crippen molar-refractivity contribution in [3.8, 4) is 28.3 Å². The summed E-state index contributed by atoms with van der Waals surface area (Å²) in [7, 11) is 1.73. The molecule has 6 atom stereocenters. The summed E-state index contributed by atoms with van der Waals surface area (Å²) in [4.78, 5) is 8.30. The van der Waals surface area contributed by atoms with Crippen molar-refractivity contribution in [1.82, 2.24) is 30.5 Å². The second-order valence-corrected chi connectivity index (χ2v) is 13.5. The fourth-order valence-electron chi connectivity index (χ4n) is 8.17. The Morgan fingerprint density at radius 2 is 2.09 bits per heavy atom. The molecule has 6 unspecified atom stereocenters. The maximum absolute atomic E-state index is 6.98. The van der Waals surface area contributed by atoms with Gasteiger partial charge < -0.3 is 29.7 Å². The minimum absolute atomic E-state index is 0.0406. The number of benzene rings is 2. The van der Waals surface area contributed by atoms with E-state index in [1.807, 2.05) is 6.20 Å². The zero-order valence-corrected chi connectivity index (χ0v) is 25.9. The van der Waals surface area contributed by atoms with Gasteiger partial charge in [-0.05, 0) is 74.7 Å². The topological polar surface area (TPSA) is 91.2 Å². The molecule has 2 fully saturated rings. The fourth-order valence-corrected chi connectivity index (χ4v) is 8.17. The SMILES string of the molecule is COC1=CC(C2Oc3cc(-c4cnc(C5CCCN5)[nH]4)ccc3-c3cc4cc(C5NC=C([N+]6=CCC7CC76)N5)ccc4n32)CC=C1. The predicted molar refractivity (Wildman–Crippen MR) is 177 cm³/mol. The predicted octanol–water partition coefficient (Wildman–Crippen LogP) is 5.99. The molecule has 9 nitrogen and oxygen atoms in total. The second kappa shape index (κ2) is 10.1. The van der Waals surface area contributed by atoms with Crippen LogP contribution >= 0.6 is 0 Å². The minimum Gasteiger partial charge on any atom is -0.497 e. The first-order chi connectivity index (χ1) is 22.7. The van der Waals surface area contributed by atoms with Crippen LogP contribution in [0.25, 0.3) is 33.4 Å². The first kappa shape index (κ1) is 26.5. The number of methoxy groups -OCH3 is 1. The van der Waals surface area contributed by atoms with E-state index in [9.17, 15) is 0 Å². The van der Waals surface area contributed by atoms with Crippen LogP contribution < -0.4 is 20.7 Å². The van der Waals surface area contributed by atoms with Crippen LogP contribution in [0.4, 0.5) is 0 Å². The average Bonchev–Trinajstić information content (AvgIpc) is 3.77. The third-order valence-corrected chi connectivity index (χ3v) is 10.7. The lowest BCUT2D eigenvalue weighted by Crippen LogP contribution is -2.28. The number of ether oxygens (including phenoxy) is 2. The van der Waals surface area contributed by atoms with E-state index in [-0.39, 0.29) is 18.3 Å². The Bertz CT molecular complexity index is 2010. The standard InChI is InChI=1S/C37H38N7O2/c1-45-26-5-2-4-24(15-26)37-44-30-10-8-23(35-40-20-34(42-35)43-13-11-22-16-31(22)43)14-25(30)17-32(44)27-9-7-21(18-33(27)46-37)29-19-39-36(41-29)28-6-3-12-38-28/h2,5,7-10,13-15,17-20,22,24,28,31,35,37-38,40,42H,3-4,6,11-12,16H2,1H3,(H,39,41)/q+1. The highest BCUT2D eigenvalue weighted by Gasteiger charge is 2.49. The van der Waals surface area contributed by atoms with Crippen molar-refractivity contribution in [3.05, 3.63) is 96.1 Å². The van der Waals surface area contributed by atoms with Crippen molar-refractivity contribution < 1.29 is 14.0 Å². The number of H-pyrrole nitrogens is 1. The summed E-state index contributed by atoms with van der Waals surface area (Å²) >= 11 is 0. The quantitative estimate of drug-likeness (QED) is 0.200. The number of aromatic amines is 1. The molecule has 4 aliphatic heterocycles. The highest BCUT2D eigenvalue weighted by molar-refractivity contribution is 5.90. The number of nitrogens with zero attached hydrogens (tertiary/aromatic N) is 3. The molecular formula is C37H38N7O2+. The first-order valence-corrected chi connectivity index (χ1v) is 16.7. The van der Waals surface area contributed by atoms with Crippen molar-refractivity contribution in [2.24, 2.45) is 11.8 Å². The number of fused-ring (bicyclic) bond motifs is 6. The Morgan fingerprint density at radius 3 is 2.93 bits per heavy atom. The maximum atomic E-state index is 6.98. The number of rotatable bonds is 6. The van der Waals surface area contributed by atoms with Crippen LogP contribution in [-0.2, 0) is 4.74 Å². The molecule has 1 saturated heterocycles. The van der Waals surface area contributed by atoms with Crippen LogP contribution in [0.2, 0.25) is 0 Å². The zero-order valence-electron chi connectivity index (χ0n) is 25.9. The molecule has 2 aromatic carbocycles. The van der Waals surface area contributed by atoms with Crippen LogP contribution in [-0.4, -0.2) is 45.0 Å². The molecule has 46 heavy (non-hydrogen) atoms. The van der Waals surface area contributed by atoms with Gasteiger partial charge in [0.1, 0.15) is 23.4 Å². The van der Waals surface area contributed by atoms with Gasteiger partial charge in [0, 0.05) is 40.3 Å². The molecule has 4 N–H and O–H groups in total. The number of allylic oxidation sites excluding steroid dienone is 2. The van der Waals surface area contributed by atoms with Gasteiger partial charge in [0.2, 0.25) is 0 Å². The smallest absolute Gasteiger partial charge is 0.292 e. The van der Waals surface area contributed by atoms with E-state index in [1.165, 1.54) is 47.2 Å². The van der Waals surface area contributed by atoms with Crippen molar-refractivity contribution in [2.75, 3.05) is 13.7 Å². The molecule has 2 aromatic heterocycles. The van der Waals surface area contributed by atoms with E-state index in [2.05, 4.69) is 103 Å². The van der Waals surface area contributed by atoms with E-state index >= 15 is 0 Å². The number of hydrogen-bond acceptors (Lipinski definition) is 6. The van der Waals surface area contributed by atoms with Gasteiger partial charge in [-0.25, -0.2) is 14.9 Å². The summed E-state index contributed by atoms with van der Waals surface area (Å²) in [5, 5.41) is 12.1. The molecule has 10 rings (SSSR count). The van der Waals surface area contributed by atoms with Crippen LogP contribution in [0.3, 0.4) is 0 Å². The highest BCUT2D eigenvalue weighted by Crippen LogP contribution is 2.47. The van der Waals surface area contributed by atoms with E-state index in [4.69, 9.17) is 14.5 Å². The summed E-state index contributed by atoms with van der Waals surface area (Å²) in [6.45, 7) is 1.05. The van der Waals surface area contributed by atoms with Crippen molar-refractivity contribution in [1.29, 1.82) is 0 Å². The molecule has 232 valence electrons. The Morgan fingerprint density at radius 1 is 1.11 bits per heavy atom. The number of nitrogens with one attached hydrogen (secondary N) is 4. The number of imidazole rings is 1. The van der Waals surface area contributed by atoms with Gasteiger partial charge in [-0.15, -0.1) is 0 Å². The van der Waals surface area contributed by atoms with Gasteiger partial charge in [0.25, 0.3) is 5.82 Å². The van der Waals surface area contributed by atoms with Gasteiger partial charge in [-0.1, -0.05) is 18.2 Å². The Kier molecular flexibility index (Phi) is 5.82. The normalized spacial score (nSPS) is 28.8. The second-order valence-electron chi connectivity index (χ2n) is 13.5. The zero-order chi connectivity index (χ0) is 30.4. The van der Waals surface area contributed by atoms with Gasteiger partial charge >= 0.3 is 0 Å². The summed E-state index contributed by atoms with van der Waals surface area (Å²) < 4.78 is 17.5. The van der Waals surface area contributed by atoms with Crippen LogP contribution in [0, 0.1) is 11.8 Å². The lowest BCUT2D eigenvalue weighted by Gasteiger charge is -2.35. The summed E-state index contributed by atoms with van der Waals surface area (Å²) in [5.74, 6) is 4.92. The Hall–Kier alpha value is -4.76. The van der Waals surface area contributed by atoms with Gasteiger partial charge in [0.15, 0.2) is 12.4 Å². The van der Waals surface area contributed by atoms with E-state index in [0.717, 1.165) is 59.5 Å². The average molecular weight is 613 g/mol. The monoisotopic (exact) mass is 612 g/mol. The minimum atomic E-state index is -0.218. The van der Waals surface area contributed by atoms with Crippen LogP contribution in [0.15, 0.2) is 84.7 Å². The molecule has 0 amide bonds. The molecule has 0 radical (unpaired) electrons. The lowest BCUT2D eigenvalue weighted by molar-refractivity contribution is -0.489. The van der Waals surface area contributed by atoms with E-state index < -0.39 is 0 Å². The third-order valence-electron chi connectivity index (χ3n) is 10.7. The van der Waals surface area contributed by atoms with Crippen molar-refractivity contribution >= 4 is 17.1 Å². The maximum Gasteiger partial charge on any atom is 0.292 e. The Labute approximate surface area is 267 Å². The van der Waals surface area contributed by atoms with Crippen LogP contribution in [0.5, 0.6) is 5.75 Å². The molecule has 0 spiro atoms. The summed E-state index contributed by atoms with van der Waals surface area (Å²) in [5.41, 5.74) is 6.75. The highest BCUT2D eigenvalue weighted by atomic mass is 16.5. The first-order valence-electron chi connectivity index (χ1n) is 16.7. The van der Waals surface area contributed by atoms with Crippen molar-refractivity contribution in [2.45, 2.75) is 56.6 Å². The summed E-state index contributed by atoms with van der Waals surface area (Å²) in [6, 6.07) is 16.7. The Balaban J connectivity index is 1.02. The third kappa shape index (κ3) is 4.17. The van der Waals surface area contributed by atoms with Gasteiger partial charge in [0.05, 0.1) is 48.7 Å². The fraction of sp³-hybridized carbons (Fsp3) is 0.351.